The van der Waals surface area contributed by atoms with Crippen LogP contribution in [0.3, 0.4) is 0 Å². The molecule has 1 aromatic carbocycles. The number of esters is 1. The van der Waals surface area contributed by atoms with Crippen molar-refractivity contribution >= 4 is 71.1 Å². The molecule has 1 saturated heterocycles. The zero-order valence-electron chi connectivity index (χ0n) is 38.5. The third-order valence-corrected chi connectivity index (χ3v) is 10.2. The Morgan fingerprint density at radius 3 is 1.84 bits per heavy atom. The van der Waals surface area contributed by atoms with Crippen molar-refractivity contribution in [3.05, 3.63) is 48.6 Å². The third kappa shape index (κ3) is 18.0. The average molecular weight is 943 g/mol. The Labute approximate surface area is 387 Å². The largest absolute Gasteiger partial charge is 0.481 e. The van der Waals surface area contributed by atoms with Crippen molar-refractivity contribution < 1.29 is 72.5 Å². The van der Waals surface area contributed by atoms with Gasteiger partial charge >= 0.3 is 23.9 Å². The van der Waals surface area contributed by atoms with Gasteiger partial charge in [0.25, 0.3) is 11.8 Å². The molecule has 1 heterocycles. The van der Waals surface area contributed by atoms with E-state index >= 15 is 0 Å². The second-order valence-corrected chi connectivity index (χ2v) is 16.4. The molecule has 9 amide bonds. The molecule has 8 N–H and O–H groups in total. The van der Waals surface area contributed by atoms with E-state index in [1.165, 1.54) is 38.7 Å². The molecule has 23 heteroatoms. The smallest absolute Gasteiger partial charge is 0.327 e. The number of hydrogen-bond donors (Lipinski definition) is 8. The van der Waals surface area contributed by atoms with Gasteiger partial charge in [-0.1, -0.05) is 84.0 Å². The van der Waals surface area contributed by atoms with Gasteiger partial charge in [0, 0.05) is 26.3 Å². The van der Waals surface area contributed by atoms with Crippen molar-refractivity contribution in [3.8, 4) is 0 Å². The summed E-state index contributed by atoms with van der Waals surface area (Å²) in [6.07, 6.45) is -0.470. The highest BCUT2D eigenvalue weighted by Crippen LogP contribution is 2.23. The fourth-order valence-electron chi connectivity index (χ4n) is 6.75. The lowest BCUT2D eigenvalue weighted by Crippen LogP contribution is -2.62. The molecule has 2 rings (SSSR count). The van der Waals surface area contributed by atoms with Crippen LogP contribution in [0, 0.1) is 11.8 Å². The number of ketones is 1. The number of urea groups is 1. The number of carboxylic acids is 2. The van der Waals surface area contributed by atoms with Crippen LogP contribution < -0.4 is 31.9 Å². The van der Waals surface area contributed by atoms with Crippen LogP contribution in [0.15, 0.2) is 43.0 Å². The van der Waals surface area contributed by atoms with E-state index in [0.29, 0.717) is 16.9 Å². The summed E-state index contributed by atoms with van der Waals surface area (Å²) in [5, 5.41) is 32.8. The van der Waals surface area contributed by atoms with Crippen LogP contribution in [0.25, 0.3) is 0 Å². The van der Waals surface area contributed by atoms with E-state index in [1.54, 1.807) is 37.3 Å². The number of rotatable bonds is 28. The number of ether oxygens (including phenoxy) is 1. The summed E-state index contributed by atoms with van der Waals surface area (Å²) in [6.45, 7) is 11.1. The summed E-state index contributed by atoms with van der Waals surface area (Å²) in [5.74, 6) is -13.0. The number of amides is 9. The number of imide groups is 1. The molecule has 0 aromatic heterocycles. The molecule has 0 bridgehead atoms. The molecule has 0 saturated carbocycles. The predicted octanol–water partition coefficient (Wildman–Crippen LogP) is -0.480. The lowest BCUT2D eigenvalue weighted by atomic mass is 9.98. The lowest BCUT2D eigenvalue weighted by Gasteiger charge is -2.31. The molecule has 23 nitrogen and oxygen atoms in total. The SMILES string of the molecule is C=CCOC(=O)CNC(=O)C(=O)[C@H](CCC)NC(=O)[C@@H]1CN(Cc2ccccc2)C(=O)N1C(=O)[C@@H](NC(=O)[C@@H](NC(=O)[C@H](CCC(=O)O)NC(=O)[C@H](CCC(=O)O)NC(C)=O)C(C)C)C(C)C. The Bertz CT molecular complexity index is 2010. The highest BCUT2D eigenvalue weighted by Gasteiger charge is 2.48. The average Bonchev–Trinajstić information content (AvgIpc) is 3.59. The van der Waals surface area contributed by atoms with Gasteiger partial charge in [-0.15, -0.1) is 0 Å². The fraction of sp³-hybridized carbons (Fsp3) is 0.545. The Morgan fingerprint density at radius 2 is 1.31 bits per heavy atom. The summed E-state index contributed by atoms with van der Waals surface area (Å²) in [5.41, 5.74) is 0.639. The second-order valence-electron chi connectivity index (χ2n) is 16.4. The molecular weight excluding hydrogens is 881 g/mol. The fourth-order valence-corrected chi connectivity index (χ4v) is 6.75. The monoisotopic (exact) mass is 942 g/mol. The molecule has 6 atom stereocenters. The molecule has 1 aromatic rings. The van der Waals surface area contributed by atoms with E-state index in [-0.39, 0.29) is 32.5 Å². The molecule has 368 valence electrons. The Balaban J connectivity index is 2.46. The van der Waals surface area contributed by atoms with Crippen LogP contribution >= 0.6 is 0 Å². The molecule has 67 heavy (non-hydrogen) atoms. The number of carbonyl (C=O) groups excluding carboxylic acids is 10. The van der Waals surface area contributed by atoms with Gasteiger partial charge < -0.3 is 51.8 Å². The highest BCUT2D eigenvalue weighted by molar-refractivity contribution is 6.38. The molecule has 0 unspecified atom stereocenters. The third-order valence-electron chi connectivity index (χ3n) is 10.2. The lowest BCUT2D eigenvalue weighted by molar-refractivity contribution is -0.145. The first-order valence-electron chi connectivity index (χ1n) is 21.7. The van der Waals surface area contributed by atoms with Crippen molar-refractivity contribution in [2.24, 2.45) is 11.8 Å². The van der Waals surface area contributed by atoms with Crippen molar-refractivity contribution in [1.82, 2.24) is 41.7 Å². The summed E-state index contributed by atoms with van der Waals surface area (Å²) >= 11 is 0. The van der Waals surface area contributed by atoms with E-state index in [2.05, 4.69) is 38.5 Å². The predicted molar refractivity (Wildman–Crippen MR) is 236 cm³/mol. The summed E-state index contributed by atoms with van der Waals surface area (Å²) in [6, 6.07) is -1.36. The first-order valence-corrected chi connectivity index (χ1v) is 21.7. The normalized spacial score (nSPS) is 15.5. The maximum absolute atomic E-state index is 14.6. The van der Waals surface area contributed by atoms with Crippen molar-refractivity contribution in [2.45, 2.75) is 123 Å². The van der Waals surface area contributed by atoms with Gasteiger partial charge in [0.15, 0.2) is 0 Å². The number of carbonyl (C=O) groups is 12. The van der Waals surface area contributed by atoms with Crippen molar-refractivity contribution in [1.29, 1.82) is 0 Å². The number of nitrogens with zero attached hydrogens (tertiary/aromatic N) is 2. The number of aliphatic carboxylic acids is 2. The van der Waals surface area contributed by atoms with Gasteiger partial charge in [0.1, 0.15) is 43.4 Å². The molecule has 1 aliphatic rings. The van der Waals surface area contributed by atoms with Gasteiger partial charge in [0.2, 0.25) is 35.3 Å². The van der Waals surface area contributed by atoms with Crippen molar-refractivity contribution in [3.63, 3.8) is 0 Å². The molecule has 0 radical (unpaired) electrons. The molecule has 1 aliphatic heterocycles. The Kier molecular flexibility index (Phi) is 22.8. The zero-order chi connectivity index (χ0) is 50.5. The van der Waals surface area contributed by atoms with Gasteiger partial charge in [0.05, 0.1) is 12.6 Å². The number of benzene rings is 1. The minimum Gasteiger partial charge on any atom is -0.481 e. The number of Topliss-reactive ketones (excluding diaryl/α,β-unsaturated/α-hetero) is 1. The van der Waals surface area contributed by atoms with E-state index < -0.39 is 145 Å². The van der Waals surface area contributed by atoms with Crippen molar-refractivity contribution in [2.75, 3.05) is 19.7 Å². The van der Waals surface area contributed by atoms with Crippen LogP contribution in [-0.4, -0.2) is 147 Å². The second kappa shape index (κ2) is 27.3. The summed E-state index contributed by atoms with van der Waals surface area (Å²) in [4.78, 5) is 158. The van der Waals surface area contributed by atoms with Crippen LogP contribution in [0.5, 0.6) is 0 Å². The van der Waals surface area contributed by atoms with Gasteiger partial charge in [-0.2, -0.15) is 0 Å². The summed E-state index contributed by atoms with van der Waals surface area (Å²) < 4.78 is 4.80. The van der Waals surface area contributed by atoms with E-state index in [9.17, 15) is 62.6 Å². The quantitative estimate of drug-likeness (QED) is 0.0299. The number of hydrogen-bond acceptors (Lipinski definition) is 13. The maximum Gasteiger partial charge on any atom is 0.327 e. The first-order chi connectivity index (χ1) is 31.5. The Morgan fingerprint density at radius 1 is 0.761 bits per heavy atom. The molecular formula is C44H62N8O15. The van der Waals surface area contributed by atoms with Crippen LogP contribution in [0.1, 0.15) is 85.6 Å². The zero-order valence-corrected chi connectivity index (χ0v) is 38.5. The number of nitrogens with one attached hydrogen (secondary N) is 6. The van der Waals surface area contributed by atoms with Gasteiger partial charge in [-0.25, -0.2) is 9.69 Å². The molecule has 0 aliphatic carbocycles. The maximum atomic E-state index is 14.6. The van der Waals surface area contributed by atoms with E-state index in [4.69, 9.17) is 9.84 Å². The van der Waals surface area contributed by atoms with Crippen LogP contribution in [0.4, 0.5) is 4.79 Å². The topological polar surface area (TPSA) is 333 Å². The van der Waals surface area contributed by atoms with Gasteiger partial charge in [-0.05, 0) is 36.7 Å². The summed E-state index contributed by atoms with van der Waals surface area (Å²) in [7, 11) is 0. The van der Waals surface area contributed by atoms with Gasteiger partial charge in [-0.3, -0.25) is 52.7 Å². The standard InChI is InChI=1S/C44H62N8O15/c1-8-13-28(37(59)42(64)45-21-34(58)67-20-9-2)47-40(62)31-23-51(22-27-14-11-10-12-15-27)44(66)52(31)43(65)36(25(5)6)50-41(63)35(24(3)4)49-39(61)30(17-19-33(56)57)48-38(60)29(46-26(7)53)16-18-32(54)55/h9-12,14-15,24-25,28-31,35-36H,2,8,13,16-23H2,1,3-7H3,(H,45,64)(H,46,53)(H,47,62)(H,48,60)(H,49,61)(H,50,63)(H,54,55)(H,56,57)/t28-,29-,30-,31-,35-,36-/m0/s1. The van der Waals surface area contributed by atoms with E-state index in [1.807, 2.05) is 0 Å². The van der Waals surface area contributed by atoms with Crippen LogP contribution in [0.2, 0.25) is 0 Å². The van der Waals surface area contributed by atoms with Crippen LogP contribution in [-0.2, 0) is 64.0 Å². The highest BCUT2D eigenvalue weighted by atomic mass is 16.5. The molecule has 1 fully saturated rings. The minimum atomic E-state index is -1.60. The van der Waals surface area contributed by atoms with E-state index in [0.717, 1.165) is 6.92 Å². The minimum absolute atomic E-state index is 0.0459. The first kappa shape index (κ1) is 55.9. The number of carboxylic acid groups (broad SMARTS) is 2. The Hall–Kier alpha value is -7.20. The molecule has 0 spiro atoms.